The highest BCUT2D eigenvalue weighted by Gasteiger charge is 2.95. The van der Waals surface area contributed by atoms with Gasteiger partial charge in [-0.15, -0.1) is 0 Å². The lowest BCUT2D eigenvalue weighted by Gasteiger charge is -2.42. The van der Waals surface area contributed by atoms with Crippen LogP contribution in [0.5, 0.6) is 0 Å². The highest BCUT2D eigenvalue weighted by atomic mass is 19.4. The average Bonchev–Trinajstić information content (AvgIpc) is 2.59. The molecule has 1 amide bonds. The average molecular weight is 533 g/mol. The van der Waals surface area contributed by atoms with Gasteiger partial charge in [-0.1, -0.05) is 13.8 Å². The molecule has 0 aliphatic rings. The van der Waals surface area contributed by atoms with Crippen molar-refractivity contribution in [3.05, 3.63) is 0 Å². The van der Waals surface area contributed by atoms with E-state index >= 15 is 0 Å². The molecule has 0 bridgehead atoms. The van der Waals surface area contributed by atoms with Gasteiger partial charge >= 0.3 is 47.6 Å². The number of carbonyl (C=O) groups excluding carboxylic acids is 1. The molecular formula is C14H12F17NO. The lowest BCUT2D eigenvalue weighted by atomic mass is 9.89. The Bertz CT molecular complexity index is 709. The van der Waals surface area contributed by atoms with Gasteiger partial charge in [0.2, 0.25) is 0 Å². The van der Waals surface area contributed by atoms with Crippen molar-refractivity contribution in [2.24, 2.45) is 5.92 Å². The molecule has 0 aromatic rings. The van der Waals surface area contributed by atoms with Crippen LogP contribution < -0.4 is 5.32 Å². The number of amides is 1. The zero-order valence-corrected chi connectivity index (χ0v) is 15.8. The zero-order valence-electron chi connectivity index (χ0n) is 15.8. The van der Waals surface area contributed by atoms with Gasteiger partial charge < -0.3 is 5.32 Å². The third-order valence-corrected chi connectivity index (χ3v) is 4.01. The zero-order chi connectivity index (χ0) is 27.3. The molecule has 1 N–H and O–H groups in total. The van der Waals surface area contributed by atoms with Crippen LogP contribution in [0.3, 0.4) is 0 Å². The second kappa shape index (κ2) is 8.49. The van der Waals surface area contributed by atoms with Crippen LogP contribution in [0.2, 0.25) is 0 Å². The van der Waals surface area contributed by atoms with E-state index in [1.165, 1.54) is 13.8 Å². The molecule has 0 heterocycles. The van der Waals surface area contributed by atoms with Crippen LogP contribution in [0.25, 0.3) is 0 Å². The molecule has 0 spiro atoms. The number of nitrogens with one attached hydrogen (secondary N) is 1. The lowest BCUT2D eigenvalue weighted by Crippen LogP contribution is -2.75. The van der Waals surface area contributed by atoms with E-state index in [1.807, 2.05) is 0 Å². The fraction of sp³-hybridized carbons (Fsp3) is 0.929. The fourth-order valence-electron chi connectivity index (χ4n) is 1.89. The van der Waals surface area contributed by atoms with Gasteiger partial charge in [-0.3, -0.25) is 4.79 Å². The Morgan fingerprint density at radius 3 is 1.18 bits per heavy atom. The van der Waals surface area contributed by atoms with E-state index in [4.69, 9.17) is 0 Å². The van der Waals surface area contributed by atoms with Crippen molar-refractivity contribution >= 4 is 5.91 Å². The Labute approximate surface area is 172 Å². The minimum absolute atomic E-state index is 0.309. The lowest BCUT2D eigenvalue weighted by molar-refractivity contribution is -0.459. The summed E-state index contributed by atoms with van der Waals surface area (Å²) >= 11 is 0. The molecule has 0 saturated heterocycles. The van der Waals surface area contributed by atoms with Gasteiger partial charge in [0, 0.05) is 6.54 Å². The summed E-state index contributed by atoms with van der Waals surface area (Å²) in [5.41, 5.74) is 0. The Balaban J connectivity index is 6.50. The van der Waals surface area contributed by atoms with Crippen molar-refractivity contribution in [1.82, 2.24) is 5.32 Å². The summed E-state index contributed by atoms with van der Waals surface area (Å²) in [5.74, 6) is -61.7. The van der Waals surface area contributed by atoms with Gasteiger partial charge in [-0.25, -0.2) is 0 Å². The van der Waals surface area contributed by atoms with Crippen molar-refractivity contribution in [1.29, 1.82) is 0 Å². The van der Waals surface area contributed by atoms with Crippen molar-refractivity contribution in [2.75, 3.05) is 6.54 Å². The summed E-state index contributed by atoms with van der Waals surface area (Å²) in [5, 5.41) is 0.845. The Kier molecular flexibility index (Phi) is 8.05. The highest BCUT2D eigenvalue weighted by molar-refractivity contribution is 5.84. The van der Waals surface area contributed by atoms with Gasteiger partial charge in [0.1, 0.15) is 0 Å². The molecule has 0 aromatic carbocycles. The summed E-state index contributed by atoms with van der Waals surface area (Å²) in [6, 6.07) is 0. The van der Waals surface area contributed by atoms with E-state index in [2.05, 4.69) is 0 Å². The van der Waals surface area contributed by atoms with Crippen LogP contribution >= 0.6 is 0 Å². The molecule has 0 radical (unpaired) electrons. The minimum atomic E-state index is -8.71. The van der Waals surface area contributed by atoms with E-state index in [9.17, 15) is 79.4 Å². The van der Waals surface area contributed by atoms with Gasteiger partial charge in [0.25, 0.3) is 5.91 Å². The molecular weight excluding hydrogens is 521 g/mol. The maximum Gasteiger partial charge on any atom is 0.460 e. The second-order valence-corrected chi connectivity index (χ2v) is 6.96. The molecule has 19 heteroatoms. The molecule has 0 aromatic heterocycles. The molecule has 0 unspecified atom stereocenters. The molecule has 0 fully saturated rings. The second-order valence-electron chi connectivity index (χ2n) is 6.96. The summed E-state index contributed by atoms with van der Waals surface area (Å²) in [4.78, 5) is 11.1. The number of alkyl halides is 17. The van der Waals surface area contributed by atoms with Crippen LogP contribution in [0.4, 0.5) is 74.6 Å². The predicted octanol–water partition coefficient (Wildman–Crippen LogP) is 6.16. The third-order valence-electron chi connectivity index (χ3n) is 4.01. The van der Waals surface area contributed by atoms with Crippen LogP contribution in [0.15, 0.2) is 0 Å². The first-order valence-electron chi connectivity index (χ1n) is 8.08. The summed E-state index contributed by atoms with van der Waals surface area (Å²) in [6.07, 6.45) is -8.12. The van der Waals surface area contributed by atoms with Gasteiger partial charge in [0.05, 0.1) is 0 Å². The van der Waals surface area contributed by atoms with Crippen molar-refractivity contribution in [3.8, 4) is 0 Å². The van der Waals surface area contributed by atoms with Gasteiger partial charge in [-0.2, -0.15) is 74.6 Å². The molecule has 198 valence electrons. The molecule has 0 aliphatic carbocycles. The van der Waals surface area contributed by atoms with Crippen molar-refractivity contribution in [3.63, 3.8) is 0 Å². The topological polar surface area (TPSA) is 29.1 Å². The third kappa shape index (κ3) is 4.51. The number of hydrogen-bond donors (Lipinski definition) is 1. The largest absolute Gasteiger partial charge is 0.460 e. The predicted molar refractivity (Wildman–Crippen MR) is 73.1 cm³/mol. The Morgan fingerprint density at radius 1 is 0.576 bits per heavy atom. The molecule has 0 aliphatic heterocycles. The van der Waals surface area contributed by atoms with Crippen LogP contribution in [0.1, 0.15) is 20.3 Å². The van der Waals surface area contributed by atoms with E-state index in [0.29, 0.717) is 0 Å². The minimum Gasteiger partial charge on any atom is -0.351 e. The summed E-state index contributed by atoms with van der Waals surface area (Å²) in [6.45, 7) is 1.72. The smallest absolute Gasteiger partial charge is 0.351 e. The Morgan fingerprint density at radius 2 is 0.879 bits per heavy atom. The van der Waals surface area contributed by atoms with Crippen LogP contribution in [-0.4, -0.2) is 60.1 Å². The Hall–Kier alpha value is -1.72. The highest BCUT2D eigenvalue weighted by Crippen LogP contribution is 2.63. The summed E-state index contributed by atoms with van der Waals surface area (Å²) < 4.78 is 222. The first-order valence-corrected chi connectivity index (χ1v) is 8.08. The molecule has 2 nitrogen and oxygen atoms in total. The molecule has 0 saturated carbocycles. The monoisotopic (exact) mass is 533 g/mol. The van der Waals surface area contributed by atoms with Crippen LogP contribution in [-0.2, 0) is 4.79 Å². The molecule has 33 heavy (non-hydrogen) atoms. The van der Waals surface area contributed by atoms with Gasteiger partial charge in [0.15, 0.2) is 0 Å². The first kappa shape index (κ1) is 31.3. The quantitative estimate of drug-likeness (QED) is 0.335. The maximum absolute atomic E-state index is 13.5. The van der Waals surface area contributed by atoms with Crippen LogP contribution in [0, 0.1) is 5.92 Å². The number of carbonyl (C=O) groups is 1. The molecule has 0 atom stereocenters. The van der Waals surface area contributed by atoms with E-state index < -0.39 is 66.0 Å². The van der Waals surface area contributed by atoms with Crippen molar-refractivity contribution in [2.45, 2.75) is 67.9 Å². The summed E-state index contributed by atoms with van der Waals surface area (Å²) in [7, 11) is 0. The first-order chi connectivity index (χ1) is 14.1. The molecule has 0 rings (SSSR count). The van der Waals surface area contributed by atoms with E-state index in [1.54, 1.807) is 0 Å². The number of rotatable bonds is 10. The van der Waals surface area contributed by atoms with Crippen molar-refractivity contribution < 1.29 is 79.4 Å². The number of hydrogen-bond acceptors (Lipinski definition) is 1. The standard InChI is InChI=1S/C14H12F17NO/c1-5(2)3-4-32-6(33)7(15,16)8(17,18)9(19,20)10(21,22)11(23,24)12(25,26)13(27,28)14(29,30)31/h5H,3-4H2,1-2H3,(H,32,33). The van der Waals surface area contributed by atoms with E-state index in [-0.39, 0.29) is 6.42 Å². The fourth-order valence-corrected chi connectivity index (χ4v) is 1.89. The van der Waals surface area contributed by atoms with Gasteiger partial charge in [-0.05, 0) is 12.3 Å². The number of halogens is 17. The van der Waals surface area contributed by atoms with E-state index in [0.717, 1.165) is 5.32 Å². The maximum atomic E-state index is 13.5. The normalized spacial score (nSPS) is 15.8. The SMILES string of the molecule is CC(C)CCNC(=O)C(F)(F)C(F)(F)C(F)(F)C(F)(F)C(F)(F)C(F)(F)C(F)(F)C(F)(F)F.